The summed E-state index contributed by atoms with van der Waals surface area (Å²) < 4.78 is 13.2. The lowest BCUT2D eigenvalue weighted by atomic mass is 9.99. The number of rotatable bonds is 3. The van der Waals surface area contributed by atoms with Crippen LogP contribution in [0.4, 0.5) is 4.39 Å². The van der Waals surface area contributed by atoms with E-state index in [2.05, 4.69) is 4.99 Å². The first kappa shape index (κ1) is 20.7. The molecule has 3 aromatic carbocycles. The first-order chi connectivity index (χ1) is 15.6. The molecule has 5 rings (SSSR count). The van der Waals surface area contributed by atoms with Gasteiger partial charge in [-0.1, -0.05) is 66.2 Å². The fraction of sp³-hybridized carbons (Fsp3) is 0.0800. The fourth-order valence-corrected chi connectivity index (χ4v) is 4.68. The molecule has 3 aromatic rings. The summed E-state index contributed by atoms with van der Waals surface area (Å²) in [5.41, 5.74) is 3.74. The van der Waals surface area contributed by atoms with Gasteiger partial charge < -0.3 is 0 Å². The van der Waals surface area contributed by atoms with Gasteiger partial charge in [-0.15, -0.1) is 0 Å². The summed E-state index contributed by atoms with van der Waals surface area (Å²) in [4.78, 5) is 17.4. The van der Waals surface area contributed by atoms with Crippen molar-refractivity contribution in [3.05, 3.63) is 111 Å². The van der Waals surface area contributed by atoms with Gasteiger partial charge in [0.1, 0.15) is 5.82 Å². The molecule has 1 unspecified atom stereocenters. The molecule has 0 N–H and O–H groups in total. The molecular formula is C25H17ClFN3OS. The van der Waals surface area contributed by atoms with E-state index in [-0.39, 0.29) is 17.8 Å². The van der Waals surface area contributed by atoms with Crippen molar-refractivity contribution in [2.75, 3.05) is 0 Å². The number of nitrogens with zero attached hydrogens (tertiary/aromatic N) is 3. The predicted octanol–water partition coefficient (Wildman–Crippen LogP) is 6.30. The molecular weight excluding hydrogens is 445 g/mol. The van der Waals surface area contributed by atoms with Crippen LogP contribution in [0.1, 0.15) is 29.2 Å². The molecule has 2 aliphatic rings. The van der Waals surface area contributed by atoms with E-state index in [0.717, 1.165) is 22.4 Å². The maximum atomic E-state index is 13.2. The maximum absolute atomic E-state index is 13.2. The van der Waals surface area contributed by atoms with Crippen molar-refractivity contribution in [2.45, 2.75) is 12.5 Å². The zero-order valence-corrected chi connectivity index (χ0v) is 18.4. The number of halogens is 2. The third kappa shape index (κ3) is 4.24. The van der Waals surface area contributed by atoms with Crippen LogP contribution in [-0.4, -0.2) is 21.8 Å². The highest BCUT2D eigenvalue weighted by Crippen LogP contribution is 2.39. The van der Waals surface area contributed by atoms with E-state index < -0.39 is 0 Å². The molecule has 0 aromatic heterocycles. The van der Waals surface area contributed by atoms with E-state index in [9.17, 15) is 9.18 Å². The van der Waals surface area contributed by atoms with Gasteiger partial charge in [0.25, 0.3) is 5.91 Å². The molecule has 2 aliphatic heterocycles. The molecule has 0 aliphatic carbocycles. The molecule has 1 atom stereocenters. The minimum atomic E-state index is -0.326. The number of carbonyl (C=O) groups excluding carboxylic acids is 1. The van der Waals surface area contributed by atoms with Crippen molar-refractivity contribution in [2.24, 2.45) is 10.1 Å². The Morgan fingerprint density at radius 3 is 2.44 bits per heavy atom. The normalized spacial score (nSPS) is 19.4. The standard InChI is InChI=1S/C25H17ClFN3OS/c26-19-10-8-18(9-11-19)22-15-21(17-4-2-1-3-5-17)29-30(22)25-28-24(31)23(32-25)14-16-6-12-20(27)13-7-16/h1-14,22H,15H2/b23-14-. The number of aliphatic imine (C=N–C) groups is 1. The topological polar surface area (TPSA) is 45.0 Å². The Kier molecular flexibility index (Phi) is 5.64. The lowest BCUT2D eigenvalue weighted by Crippen LogP contribution is -2.23. The van der Waals surface area contributed by atoms with Crippen LogP contribution in [0.5, 0.6) is 0 Å². The van der Waals surface area contributed by atoms with Gasteiger partial charge in [-0.3, -0.25) is 4.79 Å². The zero-order valence-electron chi connectivity index (χ0n) is 16.8. The number of hydrogen-bond acceptors (Lipinski definition) is 4. The molecule has 158 valence electrons. The second-order valence-electron chi connectivity index (χ2n) is 7.39. The van der Waals surface area contributed by atoms with Crippen molar-refractivity contribution in [1.29, 1.82) is 0 Å². The van der Waals surface area contributed by atoms with Crippen molar-refractivity contribution < 1.29 is 9.18 Å². The number of carbonyl (C=O) groups is 1. The highest BCUT2D eigenvalue weighted by molar-refractivity contribution is 8.18. The van der Waals surface area contributed by atoms with Gasteiger partial charge in [-0.25, -0.2) is 9.40 Å². The smallest absolute Gasteiger partial charge is 0.266 e. The van der Waals surface area contributed by atoms with Crippen LogP contribution in [0.2, 0.25) is 5.02 Å². The SMILES string of the molecule is O=C1N=C(N2N=C(c3ccccc3)CC2c2ccc(Cl)cc2)S/C1=C\c1ccc(F)cc1. The van der Waals surface area contributed by atoms with Gasteiger partial charge in [-0.05, 0) is 58.8 Å². The molecule has 7 heteroatoms. The molecule has 0 spiro atoms. The van der Waals surface area contributed by atoms with E-state index >= 15 is 0 Å². The number of hydrogen-bond donors (Lipinski definition) is 0. The molecule has 1 amide bonds. The van der Waals surface area contributed by atoms with Crippen LogP contribution in [0.3, 0.4) is 0 Å². The van der Waals surface area contributed by atoms with E-state index in [0.29, 0.717) is 21.5 Å². The van der Waals surface area contributed by atoms with Gasteiger partial charge in [0.2, 0.25) is 0 Å². The largest absolute Gasteiger partial charge is 0.286 e. The molecule has 2 heterocycles. The summed E-state index contributed by atoms with van der Waals surface area (Å²) in [5.74, 6) is -0.646. The van der Waals surface area contributed by atoms with E-state index in [1.165, 1.54) is 23.9 Å². The lowest BCUT2D eigenvalue weighted by Gasteiger charge is -2.22. The van der Waals surface area contributed by atoms with Gasteiger partial charge in [0.05, 0.1) is 16.7 Å². The first-order valence-electron chi connectivity index (χ1n) is 10.0. The third-order valence-electron chi connectivity index (χ3n) is 5.25. The summed E-state index contributed by atoms with van der Waals surface area (Å²) in [6, 6.07) is 23.5. The second kappa shape index (κ2) is 8.73. The van der Waals surface area contributed by atoms with E-state index in [4.69, 9.17) is 16.7 Å². The van der Waals surface area contributed by atoms with Crippen LogP contribution in [0, 0.1) is 5.82 Å². The Morgan fingerprint density at radius 1 is 1.00 bits per heavy atom. The molecule has 32 heavy (non-hydrogen) atoms. The Morgan fingerprint density at radius 2 is 1.72 bits per heavy atom. The zero-order chi connectivity index (χ0) is 22.1. The Bertz CT molecular complexity index is 1250. The molecule has 4 nitrogen and oxygen atoms in total. The number of amidine groups is 1. The average molecular weight is 462 g/mol. The lowest BCUT2D eigenvalue weighted by molar-refractivity contribution is -0.113. The first-order valence-corrected chi connectivity index (χ1v) is 11.2. The van der Waals surface area contributed by atoms with E-state index in [1.54, 1.807) is 18.2 Å². The minimum absolute atomic E-state index is 0.105. The summed E-state index contributed by atoms with van der Waals surface area (Å²) in [7, 11) is 0. The molecule has 0 bridgehead atoms. The monoisotopic (exact) mass is 461 g/mol. The van der Waals surface area contributed by atoms with Crippen LogP contribution in [0.15, 0.2) is 93.9 Å². The number of hydrazone groups is 1. The van der Waals surface area contributed by atoms with Gasteiger partial charge in [0.15, 0.2) is 5.17 Å². The summed E-state index contributed by atoms with van der Waals surface area (Å²) in [5, 5.41) is 7.85. The highest BCUT2D eigenvalue weighted by atomic mass is 35.5. The van der Waals surface area contributed by atoms with Crippen molar-refractivity contribution >= 4 is 46.2 Å². The third-order valence-corrected chi connectivity index (χ3v) is 6.47. The number of benzene rings is 3. The van der Waals surface area contributed by atoms with Crippen LogP contribution < -0.4 is 0 Å². The highest BCUT2D eigenvalue weighted by Gasteiger charge is 2.36. The number of amides is 1. The van der Waals surface area contributed by atoms with Crippen molar-refractivity contribution in [3.63, 3.8) is 0 Å². The summed E-state index contributed by atoms with van der Waals surface area (Å²) >= 11 is 7.36. The average Bonchev–Trinajstić information content (AvgIpc) is 3.41. The molecule has 0 saturated carbocycles. The van der Waals surface area contributed by atoms with Crippen LogP contribution in [-0.2, 0) is 4.79 Å². The summed E-state index contributed by atoms with van der Waals surface area (Å²) in [6.45, 7) is 0. The molecule has 0 fully saturated rings. The fourth-order valence-electron chi connectivity index (χ4n) is 3.64. The molecule has 0 saturated heterocycles. The van der Waals surface area contributed by atoms with Crippen molar-refractivity contribution in [3.8, 4) is 0 Å². The van der Waals surface area contributed by atoms with Gasteiger partial charge in [-0.2, -0.15) is 10.1 Å². The van der Waals surface area contributed by atoms with Gasteiger partial charge >= 0.3 is 0 Å². The van der Waals surface area contributed by atoms with Crippen LogP contribution >= 0.6 is 23.4 Å². The molecule has 0 radical (unpaired) electrons. The van der Waals surface area contributed by atoms with Gasteiger partial charge in [0, 0.05) is 11.4 Å². The minimum Gasteiger partial charge on any atom is -0.266 e. The Hall–Kier alpha value is -3.22. The van der Waals surface area contributed by atoms with E-state index in [1.807, 2.05) is 59.6 Å². The van der Waals surface area contributed by atoms with Crippen LogP contribution in [0.25, 0.3) is 6.08 Å². The predicted molar refractivity (Wildman–Crippen MR) is 128 cm³/mol. The van der Waals surface area contributed by atoms with Crippen molar-refractivity contribution in [1.82, 2.24) is 5.01 Å². The Labute approximate surface area is 194 Å². The second-order valence-corrected chi connectivity index (χ2v) is 8.84. The quantitative estimate of drug-likeness (QED) is 0.430. The summed E-state index contributed by atoms with van der Waals surface area (Å²) in [6.07, 6.45) is 2.40. The number of thioether (sulfide) groups is 1. The maximum Gasteiger partial charge on any atom is 0.286 e. The Balaban J connectivity index is 1.47.